The zero-order valence-corrected chi connectivity index (χ0v) is 23.9. The highest BCUT2D eigenvalue weighted by atomic mass is 19.4. The maximum absolute atomic E-state index is 14.0. The molecular formula is C33H28F3N3O5. The molecule has 0 aliphatic carbocycles. The molecule has 4 aromatic rings. The Bertz CT molecular complexity index is 1780. The summed E-state index contributed by atoms with van der Waals surface area (Å²) in [7, 11) is 1.62. The molecule has 1 aromatic heterocycles. The van der Waals surface area contributed by atoms with Gasteiger partial charge in [-0.05, 0) is 65.6 Å². The number of anilines is 1. The molecule has 3 aromatic carbocycles. The first kappa shape index (κ1) is 29.0. The largest absolute Gasteiger partial charge is 0.508 e. The molecule has 2 aliphatic rings. The van der Waals surface area contributed by atoms with Crippen LogP contribution in [-0.4, -0.2) is 53.7 Å². The van der Waals surface area contributed by atoms with E-state index in [1.165, 1.54) is 17.0 Å². The van der Waals surface area contributed by atoms with E-state index >= 15 is 0 Å². The van der Waals surface area contributed by atoms with Crippen molar-refractivity contribution in [3.05, 3.63) is 113 Å². The van der Waals surface area contributed by atoms with Crippen molar-refractivity contribution < 1.29 is 37.0 Å². The maximum Gasteiger partial charge on any atom is 0.508 e. The number of alkyl halides is 3. The highest BCUT2D eigenvalue weighted by Gasteiger charge is 2.34. The first-order valence-electron chi connectivity index (χ1n) is 14.0. The van der Waals surface area contributed by atoms with Crippen LogP contribution < -0.4 is 4.90 Å². The number of halogens is 3. The van der Waals surface area contributed by atoms with Crippen LogP contribution in [-0.2, 0) is 28.7 Å². The Morgan fingerprint density at radius 2 is 1.70 bits per heavy atom. The third kappa shape index (κ3) is 5.41. The summed E-state index contributed by atoms with van der Waals surface area (Å²) in [4.78, 5) is 41.9. The van der Waals surface area contributed by atoms with E-state index in [4.69, 9.17) is 9.47 Å². The summed E-state index contributed by atoms with van der Waals surface area (Å²) in [5.74, 6) is -0.597. The van der Waals surface area contributed by atoms with Gasteiger partial charge >= 0.3 is 12.3 Å². The van der Waals surface area contributed by atoms with Gasteiger partial charge in [0.1, 0.15) is 12.3 Å². The molecule has 2 amide bonds. The number of amides is 2. The van der Waals surface area contributed by atoms with Crippen molar-refractivity contribution in [1.29, 1.82) is 0 Å². The average Bonchev–Trinajstić information content (AvgIpc) is 3.55. The fraction of sp³-hybridized carbons (Fsp3) is 0.242. The highest BCUT2D eigenvalue weighted by Crippen LogP contribution is 2.38. The van der Waals surface area contributed by atoms with Gasteiger partial charge in [-0.2, -0.15) is 13.2 Å². The monoisotopic (exact) mass is 603 g/mol. The number of carbonyl (C=O) groups excluding carboxylic acids is 3. The molecule has 0 radical (unpaired) electrons. The predicted octanol–water partition coefficient (Wildman–Crippen LogP) is 6.30. The molecule has 0 spiro atoms. The van der Waals surface area contributed by atoms with Crippen molar-refractivity contribution in [3.63, 3.8) is 0 Å². The van der Waals surface area contributed by atoms with E-state index in [9.17, 15) is 27.6 Å². The lowest BCUT2D eigenvalue weighted by atomic mass is 9.94. The summed E-state index contributed by atoms with van der Waals surface area (Å²) in [6, 6.07) is 21.0. The predicted molar refractivity (Wildman–Crippen MR) is 155 cm³/mol. The van der Waals surface area contributed by atoms with Crippen molar-refractivity contribution in [3.8, 4) is 11.1 Å². The molecule has 1 unspecified atom stereocenters. The second-order valence-corrected chi connectivity index (χ2v) is 10.9. The van der Waals surface area contributed by atoms with Crippen LogP contribution >= 0.6 is 0 Å². The molecule has 1 fully saturated rings. The minimum Gasteiger partial charge on any atom is -0.430 e. The van der Waals surface area contributed by atoms with Crippen molar-refractivity contribution in [2.45, 2.75) is 32.3 Å². The van der Waals surface area contributed by atoms with Gasteiger partial charge in [0.2, 0.25) is 0 Å². The molecule has 44 heavy (non-hydrogen) atoms. The Morgan fingerprint density at radius 3 is 2.43 bits per heavy atom. The highest BCUT2D eigenvalue weighted by molar-refractivity contribution is 6.07. The number of aryl methyl sites for hydroxylation is 1. The second kappa shape index (κ2) is 11.2. The van der Waals surface area contributed by atoms with Gasteiger partial charge in [0, 0.05) is 24.0 Å². The van der Waals surface area contributed by atoms with E-state index in [1.807, 2.05) is 28.8 Å². The molecule has 3 heterocycles. The molecule has 2 aliphatic heterocycles. The van der Waals surface area contributed by atoms with Crippen molar-refractivity contribution in [2.24, 2.45) is 0 Å². The summed E-state index contributed by atoms with van der Waals surface area (Å²) in [5, 5.41) is 0. The van der Waals surface area contributed by atoms with Crippen LogP contribution in [0.3, 0.4) is 0 Å². The number of cyclic esters (lactones) is 2. The fourth-order valence-electron chi connectivity index (χ4n) is 5.79. The summed E-state index contributed by atoms with van der Waals surface area (Å²) in [6.07, 6.45) is -5.83. The molecule has 1 atom stereocenters. The lowest BCUT2D eigenvalue weighted by Gasteiger charge is -2.23. The molecule has 0 bridgehead atoms. The van der Waals surface area contributed by atoms with Gasteiger partial charge in [0.05, 0.1) is 25.2 Å². The van der Waals surface area contributed by atoms with Gasteiger partial charge in [0.15, 0.2) is 6.10 Å². The molecule has 6 rings (SSSR count). The van der Waals surface area contributed by atoms with Crippen molar-refractivity contribution >= 4 is 23.7 Å². The fourth-order valence-corrected chi connectivity index (χ4v) is 5.79. The zero-order valence-electron chi connectivity index (χ0n) is 23.9. The number of fused-ring (bicyclic) bond motifs is 2. The lowest BCUT2D eigenvalue weighted by Crippen LogP contribution is -2.36. The number of aromatic nitrogens is 1. The van der Waals surface area contributed by atoms with Gasteiger partial charge in [-0.25, -0.2) is 4.79 Å². The van der Waals surface area contributed by atoms with Gasteiger partial charge in [-0.15, -0.1) is 0 Å². The molecule has 0 N–H and O–H groups in total. The van der Waals surface area contributed by atoms with Crippen molar-refractivity contribution in [2.75, 3.05) is 25.1 Å². The number of hydrogen-bond acceptors (Lipinski definition) is 5. The standard InChI is InChI=1S/C33H28F3N3O5/c1-20-15-21(11-13-25(20)26-8-4-5-9-27(26)33(34,35)36)30(40)39-17-23-12-14-29(38(23)16-22-7-3-6-10-28(22)39)31(41)37(2)18-24-19-43-32(42)44-24/h3-15,24H,16-19H2,1-2H3. The van der Waals surface area contributed by atoms with Crippen LogP contribution in [0.2, 0.25) is 0 Å². The van der Waals surface area contributed by atoms with E-state index < -0.39 is 24.0 Å². The molecular weight excluding hydrogens is 575 g/mol. The normalized spacial score (nSPS) is 16.0. The Morgan fingerprint density at radius 1 is 0.955 bits per heavy atom. The summed E-state index contributed by atoms with van der Waals surface area (Å²) in [5.41, 5.74) is 3.21. The third-order valence-electron chi connectivity index (χ3n) is 7.94. The quantitative estimate of drug-likeness (QED) is 0.250. The Kier molecular flexibility index (Phi) is 7.40. The van der Waals surface area contributed by atoms with E-state index in [-0.39, 0.29) is 37.1 Å². The number of benzene rings is 3. The van der Waals surface area contributed by atoms with Crippen LogP contribution in [0, 0.1) is 6.92 Å². The second-order valence-electron chi connectivity index (χ2n) is 10.9. The van der Waals surface area contributed by atoms with Crippen LogP contribution in [0.15, 0.2) is 78.9 Å². The zero-order chi connectivity index (χ0) is 31.2. The van der Waals surface area contributed by atoms with E-state index in [1.54, 1.807) is 55.3 Å². The SMILES string of the molecule is Cc1cc(C(=O)N2Cc3ccc(C(=O)N(C)CC4COC(=O)O4)n3Cc3ccccc32)ccc1-c1ccccc1C(F)(F)F. The van der Waals surface area contributed by atoms with Gasteiger partial charge in [-0.3, -0.25) is 9.59 Å². The molecule has 226 valence electrons. The third-order valence-corrected chi connectivity index (χ3v) is 7.94. The Hall–Kier alpha value is -5.06. The van der Waals surface area contributed by atoms with Crippen LogP contribution in [0.1, 0.15) is 43.2 Å². The number of ether oxygens (including phenoxy) is 2. The van der Waals surface area contributed by atoms with Crippen LogP contribution in [0.25, 0.3) is 11.1 Å². The van der Waals surface area contributed by atoms with E-state index in [0.717, 1.165) is 17.3 Å². The van der Waals surface area contributed by atoms with Gasteiger partial charge < -0.3 is 23.8 Å². The Balaban J connectivity index is 1.30. The van der Waals surface area contributed by atoms with Gasteiger partial charge in [0.25, 0.3) is 11.8 Å². The lowest BCUT2D eigenvalue weighted by molar-refractivity contribution is -0.137. The average molecular weight is 604 g/mol. The van der Waals surface area contributed by atoms with Crippen LogP contribution in [0.4, 0.5) is 23.7 Å². The summed E-state index contributed by atoms with van der Waals surface area (Å²) in [6.45, 7) is 2.43. The first-order valence-corrected chi connectivity index (χ1v) is 14.0. The number of likely N-dealkylation sites (N-methyl/N-ethyl adjacent to an activating group) is 1. The molecule has 1 saturated heterocycles. The Labute approximate surface area is 251 Å². The van der Waals surface area contributed by atoms with Gasteiger partial charge in [-0.1, -0.05) is 42.5 Å². The number of para-hydroxylation sites is 1. The number of hydrogen-bond donors (Lipinski definition) is 0. The molecule has 8 nitrogen and oxygen atoms in total. The van der Waals surface area contributed by atoms with E-state index in [0.29, 0.717) is 34.6 Å². The van der Waals surface area contributed by atoms with Crippen LogP contribution in [0.5, 0.6) is 0 Å². The summed E-state index contributed by atoms with van der Waals surface area (Å²) >= 11 is 0. The minimum absolute atomic E-state index is 0.0511. The molecule has 11 heteroatoms. The minimum atomic E-state index is -4.52. The maximum atomic E-state index is 14.0. The summed E-state index contributed by atoms with van der Waals surface area (Å²) < 4.78 is 52.9. The smallest absolute Gasteiger partial charge is 0.430 e. The van der Waals surface area contributed by atoms with Crippen molar-refractivity contribution in [1.82, 2.24) is 9.47 Å². The number of nitrogens with zero attached hydrogens (tertiary/aromatic N) is 3. The first-order chi connectivity index (χ1) is 21.0. The topological polar surface area (TPSA) is 81.1 Å². The van der Waals surface area contributed by atoms with E-state index in [2.05, 4.69) is 0 Å². The number of carbonyl (C=O) groups is 3. The number of rotatable bonds is 5. The molecule has 0 saturated carbocycles.